The standard InChI is InChI=1S/C25H30F2N8P/c1-14-23-17(18-6-7-20-24(30-18)34(13-22(26)27)15(2)29-20)8-11-35(23)32-25(28-14)31-19-9-10-33(12-21(19)36)16-4-3-5-16/h6-8,11,19,21-22H,3-5,9-10,12-13,36H2,1-2H3,(H,31,32)/q+1. The van der Waals surface area contributed by atoms with Crippen molar-refractivity contribution in [2.75, 3.05) is 18.4 Å². The molecule has 0 bridgehead atoms. The van der Waals surface area contributed by atoms with Crippen LogP contribution >= 0.6 is 9.24 Å². The molecule has 36 heavy (non-hydrogen) atoms. The van der Waals surface area contributed by atoms with Crippen LogP contribution in [0.3, 0.4) is 0 Å². The zero-order valence-electron chi connectivity index (χ0n) is 20.5. The number of hydrogen-bond donors (Lipinski definition) is 1. The van der Waals surface area contributed by atoms with E-state index in [0.29, 0.717) is 40.3 Å². The van der Waals surface area contributed by atoms with Crippen LogP contribution in [0.5, 0.6) is 0 Å². The molecule has 0 aromatic carbocycles. The number of halogens is 2. The van der Waals surface area contributed by atoms with Crippen LogP contribution in [-0.4, -0.2) is 70.6 Å². The Labute approximate surface area is 210 Å². The molecule has 4 aromatic heterocycles. The van der Waals surface area contributed by atoms with Crippen molar-refractivity contribution in [1.82, 2.24) is 29.1 Å². The maximum absolute atomic E-state index is 13.1. The van der Waals surface area contributed by atoms with Crippen molar-refractivity contribution >= 4 is 37.6 Å². The highest BCUT2D eigenvalue weighted by molar-refractivity contribution is 7.17. The largest absolute Gasteiger partial charge is 0.349 e. The van der Waals surface area contributed by atoms with Crippen LogP contribution in [0.2, 0.25) is 0 Å². The number of aromatic nitrogens is 6. The molecule has 0 spiro atoms. The van der Waals surface area contributed by atoms with E-state index < -0.39 is 13.0 Å². The number of fused-ring (bicyclic) bond motifs is 2. The Morgan fingerprint density at radius 1 is 1.17 bits per heavy atom. The molecule has 11 heteroatoms. The molecule has 1 N–H and O–H groups in total. The summed E-state index contributed by atoms with van der Waals surface area (Å²) in [4.78, 5) is 13.9. The second kappa shape index (κ2) is 9.14. The topological polar surface area (TPSA) is 75.9 Å². The summed E-state index contributed by atoms with van der Waals surface area (Å²) in [5, 5.41) is 8.30. The summed E-state index contributed by atoms with van der Waals surface area (Å²) in [6.07, 6.45) is 4.29. The maximum atomic E-state index is 13.1. The van der Waals surface area contributed by atoms with Crippen LogP contribution in [0, 0.1) is 13.8 Å². The highest BCUT2D eigenvalue weighted by Gasteiger charge is 2.33. The number of alkyl halides is 2. The molecule has 4 aromatic rings. The van der Waals surface area contributed by atoms with Gasteiger partial charge >= 0.3 is 0 Å². The van der Waals surface area contributed by atoms with Crippen LogP contribution < -0.4 is 5.32 Å². The molecule has 3 atom stereocenters. The minimum absolute atomic E-state index is 0.293. The zero-order chi connectivity index (χ0) is 25.0. The molecule has 5 heterocycles. The van der Waals surface area contributed by atoms with Gasteiger partial charge in [0.2, 0.25) is 5.95 Å². The van der Waals surface area contributed by atoms with E-state index in [1.54, 1.807) is 12.6 Å². The Hall–Kier alpha value is -3.00. The molecule has 8 nitrogen and oxygen atoms in total. The highest BCUT2D eigenvalue weighted by atomic mass is 31.0. The molecular weight excluding hydrogens is 481 g/mol. The van der Waals surface area contributed by atoms with Crippen molar-refractivity contribution in [3.8, 4) is 11.3 Å². The normalized spacial score (nSPS) is 20.5. The lowest BCUT2D eigenvalue weighted by Gasteiger charge is -2.30. The Balaban J connectivity index is 1.29. The maximum Gasteiger partial charge on any atom is 0.256 e. The molecule has 188 valence electrons. The van der Waals surface area contributed by atoms with Gasteiger partial charge in [-0.25, -0.2) is 32.8 Å². The number of hydrogen-bond acceptors (Lipinski definition) is 5. The Morgan fingerprint density at radius 3 is 2.72 bits per heavy atom. The number of imidazole rings is 1. The summed E-state index contributed by atoms with van der Waals surface area (Å²) >= 11 is 0. The van der Waals surface area contributed by atoms with E-state index in [9.17, 15) is 8.78 Å². The molecule has 1 saturated carbocycles. The molecule has 3 unspecified atom stereocenters. The molecule has 0 radical (unpaired) electrons. The number of anilines is 1. The molecule has 1 saturated heterocycles. The smallest absolute Gasteiger partial charge is 0.256 e. The predicted octanol–water partition coefficient (Wildman–Crippen LogP) is 4.09. The van der Waals surface area contributed by atoms with Gasteiger partial charge in [0, 0.05) is 37.1 Å². The van der Waals surface area contributed by atoms with Gasteiger partial charge in [-0.1, -0.05) is 0 Å². The second-order valence-corrected chi connectivity index (χ2v) is 10.7. The van der Waals surface area contributed by atoms with Gasteiger partial charge in [-0.3, -0.25) is 0 Å². The Kier molecular flexibility index (Phi) is 5.94. The summed E-state index contributed by atoms with van der Waals surface area (Å²) < 4.78 is 32.1. The van der Waals surface area contributed by atoms with Gasteiger partial charge in [0.1, 0.15) is 17.9 Å². The van der Waals surface area contributed by atoms with E-state index in [0.717, 1.165) is 36.3 Å². The second-order valence-electron chi connectivity index (χ2n) is 9.81. The van der Waals surface area contributed by atoms with Gasteiger partial charge in [0.15, 0.2) is 17.9 Å². The average Bonchev–Trinajstić information content (AvgIpc) is 3.35. The van der Waals surface area contributed by atoms with E-state index in [-0.39, 0.29) is 0 Å². The Morgan fingerprint density at radius 2 is 2.00 bits per heavy atom. The highest BCUT2D eigenvalue weighted by Crippen LogP contribution is 2.29. The van der Waals surface area contributed by atoms with Crippen molar-refractivity contribution in [3.63, 3.8) is 0 Å². The first-order chi connectivity index (χ1) is 17.4. The summed E-state index contributed by atoms with van der Waals surface area (Å²) in [5.41, 5.74) is 6.31. The lowest BCUT2D eigenvalue weighted by molar-refractivity contribution is -0.540. The minimum atomic E-state index is -2.48. The first-order valence-electron chi connectivity index (χ1n) is 12.5. The molecule has 2 fully saturated rings. The van der Waals surface area contributed by atoms with Crippen LogP contribution in [0.4, 0.5) is 14.7 Å². The van der Waals surface area contributed by atoms with Gasteiger partial charge in [-0.15, -0.1) is 14.3 Å². The number of nitrogens with one attached hydrogen (secondary N) is 1. The quantitative estimate of drug-likeness (QED) is 0.323. The van der Waals surface area contributed by atoms with Crippen LogP contribution in [0.1, 0.15) is 37.2 Å². The SMILES string of the molecule is Cc1nc(NC2CC[N+](=C3CCC3)CC2P)nn2ccc(-c3ccc4nc(C)n(CC(F)F)c4n3)c12. The van der Waals surface area contributed by atoms with Crippen molar-refractivity contribution in [1.29, 1.82) is 0 Å². The van der Waals surface area contributed by atoms with E-state index >= 15 is 0 Å². The first-order valence-corrected chi connectivity index (χ1v) is 13.1. The number of nitrogens with zero attached hydrogens (tertiary/aromatic N) is 7. The van der Waals surface area contributed by atoms with Gasteiger partial charge in [-0.2, -0.15) is 0 Å². The van der Waals surface area contributed by atoms with Gasteiger partial charge in [-0.05, 0) is 38.5 Å². The number of piperidine rings is 1. The molecule has 2 aliphatic rings. The minimum Gasteiger partial charge on any atom is -0.349 e. The lowest BCUT2D eigenvalue weighted by Crippen LogP contribution is -2.46. The average molecular weight is 512 g/mol. The Bertz CT molecular complexity index is 1480. The summed E-state index contributed by atoms with van der Waals surface area (Å²) in [5.74, 6) is 1.13. The van der Waals surface area contributed by atoms with E-state index in [1.165, 1.54) is 23.8 Å². The molecular formula is C25H30F2N8P+. The van der Waals surface area contributed by atoms with Gasteiger partial charge < -0.3 is 9.88 Å². The fourth-order valence-corrected chi connectivity index (χ4v) is 5.90. The number of rotatable bonds is 5. The third-order valence-corrected chi connectivity index (χ3v) is 8.09. The summed E-state index contributed by atoms with van der Waals surface area (Å²) in [6, 6.07) is 5.94. The monoisotopic (exact) mass is 511 g/mol. The van der Waals surface area contributed by atoms with E-state index in [2.05, 4.69) is 24.1 Å². The van der Waals surface area contributed by atoms with E-state index in [4.69, 9.17) is 15.1 Å². The van der Waals surface area contributed by atoms with Crippen LogP contribution in [0.15, 0.2) is 24.4 Å². The van der Waals surface area contributed by atoms with Crippen LogP contribution in [-0.2, 0) is 6.54 Å². The number of pyridine rings is 1. The fraction of sp³-hybridized carbons (Fsp3) is 0.480. The van der Waals surface area contributed by atoms with Gasteiger partial charge in [0.25, 0.3) is 6.43 Å². The fourth-order valence-electron chi connectivity index (χ4n) is 5.36. The lowest BCUT2D eigenvalue weighted by atomic mass is 9.95. The summed E-state index contributed by atoms with van der Waals surface area (Å²) in [6.45, 7) is 5.37. The van der Waals surface area contributed by atoms with Crippen molar-refractivity contribution in [3.05, 3.63) is 35.9 Å². The van der Waals surface area contributed by atoms with Crippen LogP contribution in [0.25, 0.3) is 27.9 Å². The third kappa shape index (κ3) is 4.15. The number of aryl methyl sites for hydroxylation is 2. The van der Waals surface area contributed by atoms with E-state index in [1.807, 2.05) is 35.8 Å². The molecule has 6 rings (SSSR count). The zero-order valence-corrected chi connectivity index (χ0v) is 21.6. The molecule has 0 amide bonds. The third-order valence-electron chi connectivity index (χ3n) is 7.42. The van der Waals surface area contributed by atoms with Crippen molar-refractivity contribution < 1.29 is 13.4 Å². The van der Waals surface area contributed by atoms with Gasteiger partial charge in [0.05, 0.1) is 29.1 Å². The first kappa shape index (κ1) is 23.4. The summed E-state index contributed by atoms with van der Waals surface area (Å²) in [7, 11) is 3.00. The van der Waals surface area contributed by atoms with Crippen molar-refractivity contribution in [2.24, 2.45) is 0 Å². The molecule has 1 aliphatic carbocycles. The molecule has 1 aliphatic heterocycles. The van der Waals surface area contributed by atoms with Crippen molar-refractivity contribution in [2.45, 2.75) is 64.2 Å². The predicted molar refractivity (Wildman–Crippen MR) is 139 cm³/mol.